The summed E-state index contributed by atoms with van der Waals surface area (Å²) in [4.78, 5) is 30.0. The molecule has 1 fully saturated rings. The number of hydrogen-bond acceptors (Lipinski definition) is 3. The first-order valence-corrected chi connectivity index (χ1v) is 13.5. The number of amides is 2. The van der Waals surface area contributed by atoms with Crippen LogP contribution in [0.15, 0.2) is 83.8 Å². The Bertz CT molecular complexity index is 1130. The highest BCUT2D eigenvalue weighted by Gasteiger charge is 2.32. The summed E-state index contributed by atoms with van der Waals surface area (Å²) in [5, 5.41) is 3.21. The number of thioether (sulfide) groups is 1. The highest BCUT2D eigenvalue weighted by atomic mass is 32.2. The molecular weight excluding hydrogens is 471 g/mol. The van der Waals surface area contributed by atoms with E-state index >= 15 is 0 Å². The van der Waals surface area contributed by atoms with E-state index in [9.17, 15) is 14.0 Å². The van der Waals surface area contributed by atoms with Crippen LogP contribution < -0.4 is 5.32 Å². The average molecular weight is 505 g/mol. The molecule has 0 unspecified atom stereocenters. The monoisotopic (exact) mass is 504 g/mol. The van der Waals surface area contributed by atoms with Gasteiger partial charge in [0.15, 0.2) is 0 Å². The van der Waals surface area contributed by atoms with Crippen molar-refractivity contribution in [1.82, 2.24) is 10.2 Å². The lowest BCUT2D eigenvalue weighted by Crippen LogP contribution is -2.52. The fourth-order valence-corrected chi connectivity index (χ4v) is 5.35. The maximum atomic E-state index is 13.7. The largest absolute Gasteiger partial charge is 0.352 e. The van der Waals surface area contributed by atoms with Crippen LogP contribution in [-0.4, -0.2) is 34.6 Å². The van der Waals surface area contributed by atoms with E-state index in [4.69, 9.17) is 0 Å². The molecule has 0 bridgehead atoms. The van der Waals surface area contributed by atoms with Crippen LogP contribution in [0.2, 0.25) is 0 Å². The lowest BCUT2D eigenvalue weighted by molar-refractivity contribution is -0.139. The minimum atomic E-state index is -0.663. The predicted molar refractivity (Wildman–Crippen MR) is 143 cm³/mol. The van der Waals surface area contributed by atoms with Crippen LogP contribution in [0.1, 0.15) is 42.4 Å². The second-order valence-corrected chi connectivity index (χ2v) is 10.5. The minimum Gasteiger partial charge on any atom is -0.352 e. The van der Waals surface area contributed by atoms with Crippen molar-refractivity contribution in [3.05, 3.63) is 101 Å². The Balaban J connectivity index is 1.59. The molecule has 1 aliphatic rings. The van der Waals surface area contributed by atoms with E-state index in [2.05, 4.69) is 5.32 Å². The highest BCUT2D eigenvalue weighted by molar-refractivity contribution is 8.00. The van der Waals surface area contributed by atoms with E-state index in [-0.39, 0.29) is 36.0 Å². The van der Waals surface area contributed by atoms with Crippen LogP contribution in [0.5, 0.6) is 0 Å². The van der Waals surface area contributed by atoms with Gasteiger partial charge < -0.3 is 10.2 Å². The molecule has 0 heterocycles. The summed E-state index contributed by atoms with van der Waals surface area (Å²) >= 11 is 1.46. The van der Waals surface area contributed by atoms with Gasteiger partial charge in [0.1, 0.15) is 11.9 Å². The number of nitrogens with zero attached hydrogens (tertiary/aromatic N) is 1. The molecule has 3 aromatic carbocycles. The van der Waals surface area contributed by atoms with Gasteiger partial charge in [0.2, 0.25) is 11.8 Å². The fourth-order valence-electron chi connectivity index (χ4n) is 4.57. The van der Waals surface area contributed by atoms with Crippen molar-refractivity contribution in [3.8, 4) is 0 Å². The van der Waals surface area contributed by atoms with Crippen molar-refractivity contribution in [2.24, 2.45) is 0 Å². The lowest BCUT2D eigenvalue weighted by Gasteiger charge is -2.32. The molecule has 0 aliphatic heterocycles. The first-order valence-electron chi connectivity index (χ1n) is 12.6. The van der Waals surface area contributed by atoms with Crippen LogP contribution >= 0.6 is 11.8 Å². The van der Waals surface area contributed by atoms with E-state index in [0.717, 1.165) is 47.3 Å². The van der Waals surface area contributed by atoms with Crippen molar-refractivity contribution >= 4 is 23.6 Å². The fraction of sp³-hybridized carbons (Fsp3) is 0.333. The van der Waals surface area contributed by atoms with Crippen molar-refractivity contribution in [2.75, 3.05) is 5.75 Å². The minimum absolute atomic E-state index is 0.118. The van der Waals surface area contributed by atoms with Gasteiger partial charge in [0.05, 0.1) is 5.75 Å². The van der Waals surface area contributed by atoms with Crippen molar-refractivity contribution in [1.29, 1.82) is 0 Å². The first kappa shape index (κ1) is 26.0. The molecule has 0 spiro atoms. The summed E-state index contributed by atoms with van der Waals surface area (Å²) in [6.07, 6.45) is 4.58. The zero-order valence-corrected chi connectivity index (χ0v) is 21.5. The van der Waals surface area contributed by atoms with Crippen LogP contribution in [0, 0.1) is 12.7 Å². The van der Waals surface area contributed by atoms with Crippen molar-refractivity contribution in [2.45, 2.75) is 62.6 Å². The quantitative estimate of drug-likeness (QED) is 0.349. The molecule has 1 saturated carbocycles. The summed E-state index contributed by atoms with van der Waals surface area (Å²) in [5.41, 5.74) is 2.94. The smallest absolute Gasteiger partial charge is 0.243 e. The second-order valence-electron chi connectivity index (χ2n) is 9.45. The molecule has 0 radical (unpaired) electrons. The summed E-state index contributed by atoms with van der Waals surface area (Å²) in [7, 11) is 0. The maximum absolute atomic E-state index is 13.7. The van der Waals surface area contributed by atoms with Gasteiger partial charge in [-0.05, 0) is 55.2 Å². The molecule has 6 heteroatoms. The van der Waals surface area contributed by atoms with E-state index in [1.54, 1.807) is 17.0 Å². The SMILES string of the molecule is Cc1ccc(SCC(=O)N(Cc2ccc(F)cc2)[C@H](Cc2ccccc2)C(=O)NC2CCCC2)cc1. The number of rotatable bonds is 10. The predicted octanol–water partition coefficient (Wildman–Crippen LogP) is 5.93. The van der Waals surface area contributed by atoms with Crippen molar-refractivity contribution < 1.29 is 14.0 Å². The molecule has 4 nitrogen and oxygen atoms in total. The third kappa shape index (κ3) is 7.44. The molecule has 36 heavy (non-hydrogen) atoms. The Morgan fingerprint density at radius 3 is 2.28 bits per heavy atom. The molecule has 1 aliphatic carbocycles. The summed E-state index contributed by atoms with van der Waals surface area (Å²) in [6.45, 7) is 2.27. The Hall–Kier alpha value is -3.12. The summed E-state index contributed by atoms with van der Waals surface area (Å²) in [6, 6.07) is 23.5. The average Bonchev–Trinajstić information content (AvgIpc) is 3.40. The number of carbonyl (C=O) groups is 2. The van der Waals surface area contributed by atoms with E-state index < -0.39 is 6.04 Å². The molecule has 0 saturated heterocycles. The normalized spacial score (nSPS) is 14.4. The number of nitrogens with one attached hydrogen (secondary N) is 1. The van der Waals surface area contributed by atoms with Gasteiger partial charge in [0, 0.05) is 23.9 Å². The number of hydrogen-bond donors (Lipinski definition) is 1. The van der Waals surface area contributed by atoms with Crippen LogP contribution in [0.4, 0.5) is 4.39 Å². The van der Waals surface area contributed by atoms with Gasteiger partial charge in [-0.15, -0.1) is 11.8 Å². The summed E-state index contributed by atoms with van der Waals surface area (Å²) < 4.78 is 13.6. The molecule has 4 rings (SSSR count). The summed E-state index contributed by atoms with van der Waals surface area (Å²) in [5.74, 6) is -0.355. The molecule has 2 amide bonds. The Morgan fingerprint density at radius 1 is 0.944 bits per heavy atom. The second kappa shape index (κ2) is 12.7. The first-order chi connectivity index (χ1) is 17.5. The number of aryl methyl sites for hydroxylation is 1. The molecule has 188 valence electrons. The van der Waals surface area contributed by atoms with Crippen LogP contribution in [0.3, 0.4) is 0 Å². The van der Waals surface area contributed by atoms with E-state index in [0.29, 0.717) is 6.42 Å². The Morgan fingerprint density at radius 2 is 1.61 bits per heavy atom. The topological polar surface area (TPSA) is 49.4 Å². The maximum Gasteiger partial charge on any atom is 0.243 e. The lowest BCUT2D eigenvalue weighted by atomic mass is 10.0. The standard InChI is InChI=1S/C30H33FN2O2S/c1-22-11-17-27(18-12-22)36-21-29(34)33(20-24-13-15-25(31)16-14-24)28(19-23-7-3-2-4-8-23)30(35)32-26-9-5-6-10-26/h2-4,7-8,11-18,26,28H,5-6,9-10,19-21H2,1H3,(H,32,35)/t28-/m1/s1. The Kier molecular flexibility index (Phi) is 9.17. The van der Waals surface area contributed by atoms with E-state index in [1.165, 1.54) is 23.9 Å². The Labute approximate surface area is 217 Å². The van der Waals surface area contributed by atoms with Gasteiger partial charge in [0.25, 0.3) is 0 Å². The van der Waals surface area contributed by atoms with Gasteiger partial charge in [-0.2, -0.15) is 0 Å². The molecule has 1 N–H and O–H groups in total. The molecule has 1 atom stereocenters. The number of benzene rings is 3. The molecule has 3 aromatic rings. The third-order valence-corrected chi connectivity index (χ3v) is 7.62. The molecule has 0 aromatic heterocycles. The van der Waals surface area contributed by atoms with Crippen molar-refractivity contribution in [3.63, 3.8) is 0 Å². The van der Waals surface area contributed by atoms with Gasteiger partial charge in [-0.25, -0.2) is 4.39 Å². The number of carbonyl (C=O) groups excluding carboxylic acids is 2. The van der Waals surface area contributed by atoms with Gasteiger partial charge in [-0.1, -0.05) is 73.0 Å². The zero-order chi connectivity index (χ0) is 25.3. The number of halogens is 1. The van der Waals surface area contributed by atoms with Crippen LogP contribution in [0.25, 0.3) is 0 Å². The third-order valence-electron chi connectivity index (χ3n) is 6.62. The zero-order valence-electron chi connectivity index (χ0n) is 20.7. The highest BCUT2D eigenvalue weighted by Crippen LogP contribution is 2.23. The molecular formula is C30H33FN2O2S. The van der Waals surface area contributed by atoms with Crippen LogP contribution in [-0.2, 0) is 22.6 Å². The van der Waals surface area contributed by atoms with Gasteiger partial charge >= 0.3 is 0 Å². The van der Waals surface area contributed by atoms with Gasteiger partial charge in [-0.3, -0.25) is 9.59 Å². The van der Waals surface area contributed by atoms with E-state index in [1.807, 2.05) is 61.5 Å².